The van der Waals surface area contributed by atoms with Crippen LogP contribution >= 0.6 is 11.6 Å². The van der Waals surface area contributed by atoms with Gasteiger partial charge in [0.1, 0.15) is 0 Å². The summed E-state index contributed by atoms with van der Waals surface area (Å²) in [5.74, 6) is 1.07. The van der Waals surface area contributed by atoms with E-state index in [0.29, 0.717) is 29.0 Å². The molecule has 2 rings (SSSR count). The number of likely N-dealkylation sites (tertiary alicyclic amines) is 1. The van der Waals surface area contributed by atoms with Crippen molar-refractivity contribution in [3.05, 3.63) is 34.3 Å². The lowest BCUT2D eigenvalue weighted by molar-refractivity contribution is 0.0618. The second-order valence-corrected chi connectivity index (χ2v) is 5.83. The molecule has 3 nitrogen and oxygen atoms in total. The molecule has 0 aromatic heterocycles. The maximum Gasteiger partial charge on any atom is 0.254 e. The number of carbonyl (C=O) groups is 1. The average Bonchev–Trinajstić information content (AvgIpc) is 2.41. The molecule has 1 aromatic carbocycles. The molecule has 0 saturated carbocycles. The van der Waals surface area contributed by atoms with Gasteiger partial charge in [0.15, 0.2) is 0 Å². The number of nitrogens with zero attached hydrogens (tertiary/aromatic N) is 1. The lowest BCUT2D eigenvalue weighted by Gasteiger charge is -2.36. The Hall–Kier alpha value is -1.06. The van der Waals surface area contributed by atoms with Crippen LogP contribution in [0.3, 0.4) is 0 Å². The van der Waals surface area contributed by atoms with E-state index in [0.717, 1.165) is 25.1 Å². The van der Waals surface area contributed by atoms with Gasteiger partial charge in [0.25, 0.3) is 5.91 Å². The van der Waals surface area contributed by atoms with Gasteiger partial charge in [0.2, 0.25) is 0 Å². The van der Waals surface area contributed by atoms with Gasteiger partial charge in [0, 0.05) is 23.7 Å². The first-order valence-corrected chi connectivity index (χ1v) is 7.16. The molecular weight excluding hydrogens is 260 g/mol. The van der Waals surface area contributed by atoms with E-state index < -0.39 is 0 Å². The Labute approximate surface area is 119 Å². The highest BCUT2D eigenvalue weighted by molar-refractivity contribution is 6.31. The number of halogens is 1. The smallest absolute Gasteiger partial charge is 0.254 e. The molecular formula is C15H21ClN2O. The van der Waals surface area contributed by atoms with Crippen molar-refractivity contribution in [3.63, 3.8) is 0 Å². The quantitative estimate of drug-likeness (QED) is 0.905. The Bertz CT molecular complexity index is 475. The molecule has 4 heteroatoms. The second kappa shape index (κ2) is 5.93. The minimum atomic E-state index is 0.0744. The molecule has 104 valence electrons. The summed E-state index contributed by atoms with van der Waals surface area (Å²) in [5.41, 5.74) is 7.35. The van der Waals surface area contributed by atoms with Crippen LogP contribution in [0.15, 0.2) is 18.2 Å². The summed E-state index contributed by atoms with van der Waals surface area (Å²) in [6, 6.07) is 5.49. The third-order valence-corrected chi connectivity index (χ3v) is 4.61. The zero-order valence-corrected chi connectivity index (χ0v) is 12.3. The van der Waals surface area contributed by atoms with Crippen LogP contribution in [0.2, 0.25) is 5.02 Å². The first-order valence-electron chi connectivity index (χ1n) is 6.79. The first kappa shape index (κ1) is 14.4. The highest BCUT2D eigenvalue weighted by atomic mass is 35.5. The van der Waals surface area contributed by atoms with Crippen LogP contribution in [-0.2, 0) is 0 Å². The van der Waals surface area contributed by atoms with Crippen LogP contribution in [0.1, 0.15) is 29.3 Å². The summed E-state index contributed by atoms with van der Waals surface area (Å²) in [4.78, 5) is 14.5. The number of nitrogens with two attached hydrogens (primary N) is 1. The van der Waals surface area contributed by atoms with Crippen LogP contribution in [-0.4, -0.2) is 30.4 Å². The van der Waals surface area contributed by atoms with E-state index in [4.69, 9.17) is 17.3 Å². The fourth-order valence-electron chi connectivity index (χ4n) is 2.65. The number of carbonyl (C=O) groups excluding carboxylic acids is 1. The molecule has 1 aliphatic heterocycles. The molecule has 0 aliphatic carbocycles. The lowest BCUT2D eigenvalue weighted by atomic mass is 9.87. The van der Waals surface area contributed by atoms with E-state index in [1.165, 1.54) is 0 Å². The summed E-state index contributed by atoms with van der Waals surface area (Å²) in [5, 5.41) is 0.645. The van der Waals surface area contributed by atoms with Crippen molar-refractivity contribution in [2.24, 2.45) is 17.6 Å². The van der Waals surface area contributed by atoms with Gasteiger partial charge in [-0.2, -0.15) is 0 Å². The average molecular weight is 281 g/mol. The molecule has 2 unspecified atom stereocenters. The van der Waals surface area contributed by atoms with Crippen LogP contribution in [0.5, 0.6) is 0 Å². The fraction of sp³-hybridized carbons (Fsp3) is 0.533. The number of benzene rings is 1. The standard InChI is InChI=1S/C15H21ClN2O/c1-10-6-7-18(9-12(10)8-17)15(19)13-4-3-5-14(16)11(13)2/h3-5,10,12H,6-9,17H2,1-2H3. The maximum atomic E-state index is 12.6. The van der Waals surface area contributed by atoms with Crippen molar-refractivity contribution in [2.75, 3.05) is 19.6 Å². The van der Waals surface area contributed by atoms with Gasteiger partial charge in [-0.25, -0.2) is 0 Å². The minimum Gasteiger partial charge on any atom is -0.338 e. The zero-order chi connectivity index (χ0) is 14.0. The molecule has 0 bridgehead atoms. The zero-order valence-electron chi connectivity index (χ0n) is 11.5. The largest absolute Gasteiger partial charge is 0.338 e. The van der Waals surface area contributed by atoms with Gasteiger partial charge in [-0.05, 0) is 49.4 Å². The van der Waals surface area contributed by atoms with Crippen LogP contribution in [0.4, 0.5) is 0 Å². The van der Waals surface area contributed by atoms with Crippen molar-refractivity contribution < 1.29 is 4.79 Å². The normalized spacial score (nSPS) is 23.5. The molecule has 2 N–H and O–H groups in total. The van der Waals surface area contributed by atoms with E-state index in [9.17, 15) is 4.79 Å². The Morgan fingerprint density at radius 1 is 1.53 bits per heavy atom. The monoisotopic (exact) mass is 280 g/mol. The van der Waals surface area contributed by atoms with Crippen molar-refractivity contribution in [2.45, 2.75) is 20.3 Å². The number of piperidine rings is 1. The van der Waals surface area contributed by atoms with E-state index in [-0.39, 0.29) is 5.91 Å². The summed E-state index contributed by atoms with van der Waals surface area (Å²) in [6.45, 7) is 6.30. The molecule has 19 heavy (non-hydrogen) atoms. The van der Waals surface area contributed by atoms with Crippen LogP contribution in [0, 0.1) is 18.8 Å². The summed E-state index contributed by atoms with van der Waals surface area (Å²) < 4.78 is 0. The fourth-order valence-corrected chi connectivity index (χ4v) is 2.82. The maximum absolute atomic E-state index is 12.6. The third kappa shape index (κ3) is 2.93. The van der Waals surface area contributed by atoms with Gasteiger partial charge in [-0.3, -0.25) is 4.79 Å². The predicted octanol–water partition coefficient (Wildman–Crippen LogP) is 2.71. The second-order valence-electron chi connectivity index (χ2n) is 5.43. The molecule has 1 saturated heterocycles. The number of amides is 1. The van der Waals surface area contributed by atoms with Crippen molar-refractivity contribution >= 4 is 17.5 Å². The highest BCUT2D eigenvalue weighted by Gasteiger charge is 2.29. The Morgan fingerprint density at radius 2 is 2.26 bits per heavy atom. The SMILES string of the molecule is Cc1c(Cl)cccc1C(=O)N1CCC(C)C(CN)C1. The van der Waals surface area contributed by atoms with E-state index in [2.05, 4.69) is 6.92 Å². The third-order valence-electron chi connectivity index (χ3n) is 4.20. The topological polar surface area (TPSA) is 46.3 Å². The first-order chi connectivity index (χ1) is 9.04. The molecule has 1 fully saturated rings. The predicted molar refractivity (Wildman–Crippen MR) is 78.4 cm³/mol. The van der Waals surface area contributed by atoms with Gasteiger partial charge in [-0.1, -0.05) is 24.6 Å². The molecule has 1 aliphatic rings. The lowest BCUT2D eigenvalue weighted by Crippen LogP contribution is -2.45. The van der Waals surface area contributed by atoms with Gasteiger partial charge >= 0.3 is 0 Å². The molecule has 0 spiro atoms. The Balaban J connectivity index is 2.18. The molecule has 1 amide bonds. The molecule has 1 aromatic rings. The van der Waals surface area contributed by atoms with Gasteiger partial charge in [-0.15, -0.1) is 0 Å². The van der Waals surface area contributed by atoms with E-state index in [1.807, 2.05) is 30.0 Å². The number of hydrogen-bond donors (Lipinski definition) is 1. The van der Waals surface area contributed by atoms with Crippen LogP contribution in [0.25, 0.3) is 0 Å². The summed E-state index contributed by atoms with van der Waals surface area (Å²) in [6.07, 6.45) is 1.02. The number of rotatable bonds is 2. The van der Waals surface area contributed by atoms with E-state index in [1.54, 1.807) is 0 Å². The van der Waals surface area contributed by atoms with E-state index >= 15 is 0 Å². The van der Waals surface area contributed by atoms with Gasteiger partial charge < -0.3 is 10.6 Å². The summed E-state index contributed by atoms with van der Waals surface area (Å²) in [7, 11) is 0. The minimum absolute atomic E-state index is 0.0744. The highest BCUT2D eigenvalue weighted by Crippen LogP contribution is 2.25. The Kier molecular flexibility index (Phi) is 4.48. The van der Waals surface area contributed by atoms with Crippen molar-refractivity contribution in [3.8, 4) is 0 Å². The molecule has 2 atom stereocenters. The van der Waals surface area contributed by atoms with Crippen LogP contribution < -0.4 is 5.73 Å². The van der Waals surface area contributed by atoms with Gasteiger partial charge in [0.05, 0.1) is 0 Å². The van der Waals surface area contributed by atoms with Crippen molar-refractivity contribution in [1.82, 2.24) is 4.90 Å². The molecule has 0 radical (unpaired) electrons. The number of hydrogen-bond acceptors (Lipinski definition) is 2. The van der Waals surface area contributed by atoms with Crippen molar-refractivity contribution in [1.29, 1.82) is 0 Å². The Morgan fingerprint density at radius 3 is 2.95 bits per heavy atom. The summed E-state index contributed by atoms with van der Waals surface area (Å²) >= 11 is 6.09. The molecule has 1 heterocycles.